The lowest BCUT2D eigenvalue weighted by Crippen LogP contribution is -1.94. The number of pyridine rings is 1. The minimum atomic E-state index is 0.712. The summed E-state index contributed by atoms with van der Waals surface area (Å²) in [5.74, 6) is 0. The molecule has 0 saturated heterocycles. The third-order valence-electron chi connectivity index (χ3n) is 4.52. The Kier molecular flexibility index (Phi) is 4.90. The van der Waals surface area contributed by atoms with Gasteiger partial charge in [-0.15, -0.1) is 0 Å². The van der Waals surface area contributed by atoms with Crippen molar-refractivity contribution in [3.05, 3.63) is 89.3 Å². The quantitative estimate of drug-likeness (QED) is 0.490. The Bertz CT molecular complexity index is 1040. The number of H-pyrrole nitrogens is 1. The first-order valence-corrected chi connectivity index (χ1v) is 9.12. The fourth-order valence-corrected chi connectivity index (χ4v) is 3.32. The first kappa shape index (κ1) is 17.3. The Morgan fingerprint density at radius 3 is 2.48 bits per heavy atom. The van der Waals surface area contributed by atoms with E-state index in [1.54, 1.807) is 12.4 Å². The van der Waals surface area contributed by atoms with Gasteiger partial charge in [-0.3, -0.25) is 10.1 Å². The van der Waals surface area contributed by atoms with Crippen molar-refractivity contribution in [2.24, 2.45) is 0 Å². The number of hydrogen-bond acceptors (Lipinski definition) is 3. The second-order valence-electron chi connectivity index (χ2n) is 6.30. The van der Waals surface area contributed by atoms with E-state index in [-0.39, 0.29) is 0 Å². The summed E-state index contributed by atoms with van der Waals surface area (Å²) in [6, 6.07) is 20.2. The molecule has 0 atom stereocenters. The maximum Gasteiger partial charge on any atom is 0.100 e. The maximum absolute atomic E-state index is 6.05. The average Bonchev–Trinajstić information content (AvgIpc) is 3.13. The first-order chi connectivity index (χ1) is 13.2. The first-order valence-electron chi connectivity index (χ1n) is 8.75. The SMILES string of the molecule is CNc1cccc(Cc2[nH]nc(-c3ccc(Cl)cc3)c2-c2ccncc2)c1. The van der Waals surface area contributed by atoms with Gasteiger partial charge in [0.2, 0.25) is 0 Å². The van der Waals surface area contributed by atoms with E-state index < -0.39 is 0 Å². The van der Waals surface area contributed by atoms with E-state index in [1.807, 2.05) is 43.4 Å². The second kappa shape index (κ2) is 7.64. The van der Waals surface area contributed by atoms with Crippen LogP contribution in [0.3, 0.4) is 0 Å². The number of aromatic amines is 1. The monoisotopic (exact) mass is 374 g/mol. The van der Waals surface area contributed by atoms with Crippen LogP contribution < -0.4 is 5.32 Å². The van der Waals surface area contributed by atoms with Gasteiger partial charge in [-0.25, -0.2) is 0 Å². The molecule has 0 amide bonds. The van der Waals surface area contributed by atoms with Crippen LogP contribution in [0.1, 0.15) is 11.3 Å². The number of anilines is 1. The fourth-order valence-electron chi connectivity index (χ4n) is 3.19. The van der Waals surface area contributed by atoms with Gasteiger partial charge in [-0.2, -0.15) is 5.10 Å². The number of benzene rings is 2. The Morgan fingerprint density at radius 2 is 1.74 bits per heavy atom. The van der Waals surface area contributed by atoms with E-state index in [4.69, 9.17) is 11.6 Å². The molecule has 0 aliphatic carbocycles. The summed E-state index contributed by atoms with van der Waals surface area (Å²) in [6.07, 6.45) is 4.37. The van der Waals surface area contributed by atoms with Gasteiger partial charge in [0.05, 0.1) is 0 Å². The van der Waals surface area contributed by atoms with Gasteiger partial charge in [0, 0.05) is 53.4 Å². The molecule has 27 heavy (non-hydrogen) atoms. The van der Waals surface area contributed by atoms with E-state index >= 15 is 0 Å². The Labute approximate surface area is 163 Å². The lowest BCUT2D eigenvalue weighted by atomic mass is 9.96. The van der Waals surface area contributed by atoms with Crippen LogP contribution in [-0.2, 0) is 6.42 Å². The lowest BCUT2D eigenvalue weighted by Gasteiger charge is -2.08. The van der Waals surface area contributed by atoms with Crippen molar-refractivity contribution in [1.29, 1.82) is 0 Å². The highest BCUT2D eigenvalue weighted by Crippen LogP contribution is 2.34. The van der Waals surface area contributed by atoms with Crippen molar-refractivity contribution in [3.8, 4) is 22.4 Å². The molecule has 0 saturated carbocycles. The minimum absolute atomic E-state index is 0.712. The smallest absolute Gasteiger partial charge is 0.100 e. The molecule has 0 unspecified atom stereocenters. The van der Waals surface area contributed by atoms with Crippen LogP contribution in [0.4, 0.5) is 5.69 Å². The number of rotatable bonds is 5. The maximum atomic E-state index is 6.05. The molecule has 0 aliphatic heterocycles. The Balaban J connectivity index is 1.81. The highest BCUT2D eigenvalue weighted by Gasteiger charge is 2.17. The predicted molar refractivity (Wildman–Crippen MR) is 111 cm³/mol. The summed E-state index contributed by atoms with van der Waals surface area (Å²) in [5.41, 5.74) is 7.49. The second-order valence-corrected chi connectivity index (χ2v) is 6.73. The Hall–Kier alpha value is -3.11. The molecule has 4 nitrogen and oxygen atoms in total. The number of aromatic nitrogens is 3. The molecule has 0 radical (unpaired) electrons. The number of nitrogens with one attached hydrogen (secondary N) is 2. The van der Waals surface area contributed by atoms with Crippen molar-refractivity contribution in [1.82, 2.24) is 15.2 Å². The minimum Gasteiger partial charge on any atom is -0.388 e. The van der Waals surface area contributed by atoms with Gasteiger partial charge in [-0.1, -0.05) is 35.9 Å². The molecule has 4 aromatic rings. The molecule has 134 valence electrons. The molecule has 0 fully saturated rings. The van der Waals surface area contributed by atoms with E-state index in [0.717, 1.165) is 40.2 Å². The summed E-state index contributed by atoms with van der Waals surface area (Å²) in [7, 11) is 1.93. The Morgan fingerprint density at radius 1 is 0.963 bits per heavy atom. The number of nitrogens with zero attached hydrogens (tertiary/aromatic N) is 2. The van der Waals surface area contributed by atoms with Gasteiger partial charge < -0.3 is 5.32 Å². The zero-order valence-electron chi connectivity index (χ0n) is 14.9. The number of halogens is 1. The molecule has 2 aromatic carbocycles. The molecule has 0 spiro atoms. The van der Waals surface area contributed by atoms with Crippen molar-refractivity contribution in [3.63, 3.8) is 0 Å². The lowest BCUT2D eigenvalue weighted by molar-refractivity contribution is 0.999. The molecule has 2 N–H and O–H groups in total. The van der Waals surface area contributed by atoms with Crippen molar-refractivity contribution in [2.75, 3.05) is 12.4 Å². The van der Waals surface area contributed by atoms with Crippen LogP contribution in [0.2, 0.25) is 5.02 Å². The molecule has 2 aromatic heterocycles. The summed E-state index contributed by atoms with van der Waals surface area (Å²) < 4.78 is 0. The summed E-state index contributed by atoms with van der Waals surface area (Å²) >= 11 is 6.05. The average molecular weight is 375 g/mol. The summed E-state index contributed by atoms with van der Waals surface area (Å²) in [5, 5.41) is 11.8. The van der Waals surface area contributed by atoms with Crippen LogP contribution in [0.15, 0.2) is 73.1 Å². The molecule has 0 bridgehead atoms. The zero-order valence-corrected chi connectivity index (χ0v) is 15.7. The van der Waals surface area contributed by atoms with Gasteiger partial charge in [0.25, 0.3) is 0 Å². The third kappa shape index (κ3) is 3.71. The van der Waals surface area contributed by atoms with Gasteiger partial charge in [-0.05, 0) is 47.5 Å². The fraction of sp³-hybridized carbons (Fsp3) is 0.0909. The standard InChI is InChI=1S/C22H19ClN4/c1-24-19-4-2-3-15(13-19)14-20-21(16-9-11-25-12-10-16)22(27-26-20)17-5-7-18(23)8-6-17/h2-13,24H,14H2,1H3,(H,26,27). The van der Waals surface area contributed by atoms with Crippen molar-refractivity contribution < 1.29 is 0 Å². The highest BCUT2D eigenvalue weighted by molar-refractivity contribution is 6.30. The predicted octanol–water partition coefficient (Wildman–Crippen LogP) is 5.42. The molecule has 4 rings (SSSR count). The van der Waals surface area contributed by atoms with E-state index in [9.17, 15) is 0 Å². The van der Waals surface area contributed by atoms with Crippen LogP contribution in [-0.4, -0.2) is 22.2 Å². The van der Waals surface area contributed by atoms with Gasteiger partial charge >= 0.3 is 0 Å². The van der Waals surface area contributed by atoms with Crippen LogP contribution in [0.25, 0.3) is 22.4 Å². The van der Waals surface area contributed by atoms with Gasteiger partial charge in [0.15, 0.2) is 0 Å². The normalized spacial score (nSPS) is 10.7. The van der Waals surface area contributed by atoms with Crippen LogP contribution >= 0.6 is 11.6 Å². The third-order valence-corrected chi connectivity index (χ3v) is 4.78. The molecule has 0 aliphatic rings. The molecule has 2 heterocycles. The van der Waals surface area contributed by atoms with Gasteiger partial charge in [0.1, 0.15) is 5.69 Å². The molecular formula is C22H19ClN4. The van der Waals surface area contributed by atoms with Crippen LogP contribution in [0.5, 0.6) is 0 Å². The van der Waals surface area contributed by atoms with E-state index in [2.05, 4.69) is 44.8 Å². The zero-order chi connectivity index (χ0) is 18.6. The largest absolute Gasteiger partial charge is 0.388 e. The van der Waals surface area contributed by atoms with E-state index in [0.29, 0.717) is 5.02 Å². The summed E-state index contributed by atoms with van der Waals surface area (Å²) in [6.45, 7) is 0. The molecule has 5 heteroatoms. The number of hydrogen-bond donors (Lipinski definition) is 2. The van der Waals surface area contributed by atoms with Crippen molar-refractivity contribution >= 4 is 17.3 Å². The van der Waals surface area contributed by atoms with Crippen molar-refractivity contribution in [2.45, 2.75) is 6.42 Å². The van der Waals surface area contributed by atoms with Crippen LogP contribution in [0, 0.1) is 0 Å². The summed E-state index contributed by atoms with van der Waals surface area (Å²) in [4.78, 5) is 4.15. The van der Waals surface area contributed by atoms with E-state index in [1.165, 1.54) is 5.56 Å². The highest BCUT2D eigenvalue weighted by atomic mass is 35.5. The molecular weight excluding hydrogens is 356 g/mol. The topological polar surface area (TPSA) is 53.6 Å².